The number of hydrogen-bond donors (Lipinski definition) is 7. The Balaban J connectivity index is 0.773. The molecule has 25 nitrogen and oxygen atoms in total. The molecule has 1 saturated heterocycles. The maximum absolute atomic E-state index is 14.7. The van der Waals surface area contributed by atoms with Gasteiger partial charge in [-0.2, -0.15) is 4.31 Å². The lowest BCUT2D eigenvalue weighted by molar-refractivity contribution is -0.212. The molecular weight excluding hydrogens is 1160 g/mol. The van der Waals surface area contributed by atoms with Gasteiger partial charge in [0.2, 0.25) is 11.3 Å². The third-order valence-corrected chi connectivity index (χ3v) is 20.3. The van der Waals surface area contributed by atoms with Crippen LogP contribution >= 0.6 is 23.5 Å². The number of rotatable bonds is 24. The Hall–Kier alpha value is -5.49. The summed E-state index contributed by atoms with van der Waals surface area (Å²) in [6.45, 7) is 20.4. The van der Waals surface area contributed by atoms with Gasteiger partial charge in [-0.3, -0.25) is 23.2 Å². The van der Waals surface area contributed by atoms with E-state index in [1.54, 1.807) is 11.9 Å². The van der Waals surface area contributed by atoms with Gasteiger partial charge < -0.3 is 59.7 Å². The molecule has 3 aromatic carbocycles. The monoisotopic (exact) mass is 1240 g/mol. The fourth-order valence-electron chi connectivity index (χ4n) is 12.9. The van der Waals surface area contributed by atoms with E-state index in [9.17, 15) is 48.2 Å². The van der Waals surface area contributed by atoms with Crippen LogP contribution in [-0.2, 0) is 36.4 Å². The summed E-state index contributed by atoms with van der Waals surface area (Å²) in [6, 6.07) is 17.0. The van der Waals surface area contributed by atoms with Crippen LogP contribution in [0.15, 0.2) is 61.2 Å². The molecule has 7 N–H and O–H groups in total. The van der Waals surface area contributed by atoms with Crippen LogP contribution in [-0.4, -0.2) is 137 Å². The Morgan fingerprint density at radius 3 is 2.29 bits per heavy atom. The molecule has 0 spiro atoms. The molecule has 4 aliphatic heterocycles. The summed E-state index contributed by atoms with van der Waals surface area (Å²) in [7, 11) is -15.5. The molecular formula is C57H78N9O16P3. The maximum Gasteiger partial charge on any atom is 0.487 e. The molecule has 4 aliphatic rings. The van der Waals surface area contributed by atoms with Crippen LogP contribution in [0, 0.1) is 0 Å². The smallest absolute Gasteiger partial charge is 0.487 e. The Bertz CT molecular complexity index is 3630. The molecule has 1 fully saturated rings. The lowest BCUT2D eigenvalue weighted by Gasteiger charge is -2.47. The highest BCUT2D eigenvalue weighted by Crippen LogP contribution is 2.65. The number of fused-ring (bicyclic) bond motifs is 5. The minimum absolute atomic E-state index is 0.0374. The zero-order chi connectivity index (χ0) is 61.6. The number of anilines is 2. The van der Waals surface area contributed by atoms with E-state index in [0.29, 0.717) is 54.8 Å². The Kier molecular flexibility index (Phi) is 19.1. The maximum atomic E-state index is 14.7. The van der Waals surface area contributed by atoms with Gasteiger partial charge in [0.1, 0.15) is 42.7 Å². The van der Waals surface area contributed by atoms with Crippen molar-refractivity contribution in [3.63, 3.8) is 0 Å². The summed E-state index contributed by atoms with van der Waals surface area (Å²) in [5.74, 6) is 2.30. The first kappa shape index (κ1) is 64.0. The number of ether oxygens (including phenoxy) is 2. The first-order valence-electron chi connectivity index (χ1n) is 28.8. The normalized spacial score (nSPS) is 23.4. The van der Waals surface area contributed by atoms with Crippen molar-refractivity contribution in [2.75, 3.05) is 56.6 Å². The molecule has 28 heteroatoms. The van der Waals surface area contributed by atoms with E-state index in [1.807, 2.05) is 18.2 Å². The SMILES string of the molecule is CCN1c2cc3c(cc2C(C)CC1(C)C)C(c1ccccc1C(=O)N(C)CCCC(=O)NCCCCCCNc1ncnc2c1ncn2[C@@H]1O[C@H](COP(=O)(O)OP(=O)(O)OP(=O)([O-])O)[C@@H](O)[C@H]1O)=c1cc2c(cc1O3)=[N+](CC)C(C)(C)CC2C. The van der Waals surface area contributed by atoms with Gasteiger partial charge in [-0.25, -0.2) is 33.0 Å². The van der Waals surface area contributed by atoms with Gasteiger partial charge in [-0.15, -0.1) is 0 Å². The number of aliphatic hydroxyl groups is 2. The van der Waals surface area contributed by atoms with Crippen LogP contribution in [0.25, 0.3) is 16.7 Å². The van der Waals surface area contributed by atoms with Crippen molar-refractivity contribution in [1.29, 1.82) is 0 Å². The van der Waals surface area contributed by atoms with Gasteiger partial charge in [-0.1, -0.05) is 44.9 Å². The van der Waals surface area contributed by atoms with Crippen molar-refractivity contribution in [2.24, 2.45) is 0 Å². The van der Waals surface area contributed by atoms with Gasteiger partial charge in [0.05, 0.1) is 19.0 Å². The van der Waals surface area contributed by atoms with E-state index < -0.39 is 54.6 Å². The largest absolute Gasteiger partial charge is 0.756 e. The van der Waals surface area contributed by atoms with E-state index in [4.69, 9.17) is 14.4 Å². The zero-order valence-electron chi connectivity index (χ0n) is 49.3. The van der Waals surface area contributed by atoms with Gasteiger partial charge in [0.15, 0.2) is 28.7 Å². The average molecular weight is 1240 g/mol. The topological polar surface area (TPSA) is 333 Å². The van der Waals surface area contributed by atoms with Crippen molar-refractivity contribution in [2.45, 2.75) is 154 Å². The van der Waals surface area contributed by atoms with E-state index in [1.165, 1.54) is 39.4 Å². The number of aliphatic hydroxyl groups excluding tert-OH is 2. The van der Waals surface area contributed by atoms with Crippen molar-refractivity contribution >= 4 is 63.5 Å². The van der Waals surface area contributed by atoms with Crippen LogP contribution in [0.2, 0.25) is 0 Å². The Morgan fingerprint density at radius 1 is 0.859 bits per heavy atom. The molecule has 5 aromatic rings. The number of nitrogens with one attached hydrogen (secondary N) is 2. The predicted molar refractivity (Wildman–Crippen MR) is 314 cm³/mol. The summed E-state index contributed by atoms with van der Waals surface area (Å²) >= 11 is 0. The molecule has 9 atom stereocenters. The van der Waals surface area contributed by atoms with Crippen LogP contribution in [0.4, 0.5) is 11.5 Å². The van der Waals surface area contributed by atoms with Crippen LogP contribution in [0.5, 0.6) is 11.5 Å². The number of nitrogens with zero attached hydrogens (tertiary/aromatic N) is 7. The lowest BCUT2D eigenvalue weighted by Crippen LogP contribution is -2.52. The van der Waals surface area contributed by atoms with E-state index in [2.05, 4.69) is 134 Å². The second-order valence-corrected chi connectivity index (χ2v) is 28.0. The third-order valence-electron chi connectivity index (χ3n) is 16.5. The number of amides is 2. The molecule has 0 radical (unpaired) electrons. The molecule has 5 unspecified atom stereocenters. The molecule has 0 bridgehead atoms. The number of aromatic nitrogens is 4. The second-order valence-electron chi connectivity index (χ2n) is 23.6. The summed E-state index contributed by atoms with van der Waals surface area (Å²) in [6.07, 6.45) is 2.16. The highest BCUT2D eigenvalue weighted by Gasteiger charge is 2.47. The van der Waals surface area contributed by atoms with Crippen molar-refractivity contribution < 1.29 is 75.7 Å². The van der Waals surface area contributed by atoms with Crippen molar-refractivity contribution in [1.82, 2.24) is 34.3 Å². The molecule has 85 heavy (non-hydrogen) atoms. The number of imidazole rings is 1. The first-order chi connectivity index (χ1) is 40.0. The second kappa shape index (κ2) is 25.3. The van der Waals surface area contributed by atoms with E-state index in [-0.39, 0.29) is 35.0 Å². The molecule has 6 heterocycles. The van der Waals surface area contributed by atoms with Crippen molar-refractivity contribution in [3.8, 4) is 11.5 Å². The number of carbonyl (C=O) groups excluding carboxylic acids is 2. The third kappa shape index (κ3) is 13.9. The quantitative estimate of drug-likeness (QED) is 0.0206. The number of benzene rings is 3. The molecule has 9 rings (SSSR count). The summed E-state index contributed by atoms with van der Waals surface area (Å²) in [5, 5.41) is 29.8. The molecule has 0 saturated carbocycles. The van der Waals surface area contributed by atoms with Gasteiger partial charge in [0.25, 0.3) is 13.7 Å². The molecule has 2 aromatic heterocycles. The van der Waals surface area contributed by atoms with Gasteiger partial charge >= 0.3 is 15.6 Å². The standard InChI is InChI=1S/C57H78N9O16P3/c1-10-65-42-27-44-40(25-38(42)34(3)29-56(65,5)6)48(41-26-39-35(4)30-57(7,8)66(11-2)43(39)28-45(41)79-44)36-19-14-15-20-37(36)54(70)63(9)24-18-21-47(67)58-22-16-12-13-17-23-59-52-49-53(61-32-60-52)64(33-62-49)55-51(69)50(68)46(80-55)31-78-84(74,75)82-85(76,77)81-83(71,72)73/h14-15,19-20,25-28,32-35,46,50-51,55,68-69H,10-13,16-18,21-24,29-31H2,1-9H3,(H5-,58,59,60,61,67,71,72,73,74,75,76,77)/t34?,35?,46-,50-,51-,55-/m1/s1. The number of phosphoric ester groups is 1. The Labute approximate surface area is 493 Å². The van der Waals surface area contributed by atoms with Crippen LogP contribution in [0.3, 0.4) is 0 Å². The van der Waals surface area contributed by atoms with Crippen LogP contribution in [0.1, 0.15) is 157 Å². The predicted octanol–water partition coefficient (Wildman–Crippen LogP) is 6.06. The van der Waals surface area contributed by atoms with Crippen LogP contribution < -0.4 is 40.3 Å². The average Bonchev–Trinajstić information content (AvgIpc) is 1.41. The van der Waals surface area contributed by atoms with Crippen molar-refractivity contribution in [3.05, 3.63) is 99.6 Å². The van der Waals surface area contributed by atoms with Gasteiger partial charge in [-0.05, 0) is 108 Å². The van der Waals surface area contributed by atoms with E-state index in [0.717, 1.165) is 85.0 Å². The number of hydrogen-bond acceptors (Lipinski definition) is 18. The fraction of sp³-hybridized carbons (Fsp3) is 0.544. The molecule has 462 valence electrons. The highest BCUT2D eigenvalue weighted by atomic mass is 31.3. The first-order valence-corrected chi connectivity index (χ1v) is 33.3. The summed E-state index contributed by atoms with van der Waals surface area (Å²) in [5.41, 5.74) is 7.52. The Morgan fingerprint density at radius 2 is 1.58 bits per heavy atom. The number of phosphoric acid groups is 3. The minimum atomic E-state index is -5.86. The fourth-order valence-corrected chi connectivity index (χ4v) is 15.9. The minimum Gasteiger partial charge on any atom is -0.756 e. The zero-order valence-corrected chi connectivity index (χ0v) is 52.0. The summed E-state index contributed by atoms with van der Waals surface area (Å²) < 4.78 is 63.0. The lowest BCUT2D eigenvalue weighted by atomic mass is 9.77. The van der Waals surface area contributed by atoms with Gasteiger partial charge in [0, 0.05) is 90.8 Å². The number of unbranched alkanes of at least 4 members (excludes halogenated alkanes) is 3. The summed E-state index contributed by atoms with van der Waals surface area (Å²) in [4.78, 5) is 83.4. The molecule has 0 aliphatic carbocycles. The van der Waals surface area contributed by atoms with E-state index >= 15 is 0 Å². The number of carbonyl (C=O) groups is 2. The molecule has 2 amide bonds. The highest BCUT2D eigenvalue weighted by molar-refractivity contribution is 7.66.